The Balaban J connectivity index is 2.75. The Bertz CT molecular complexity index is 376. The molecule has 0 aliphatic heterocycles. The third kappa shape index (κ3) is 3.60. The Morgan fingerprint density at radius 1 is 1.53 bits per heavy atom. The number of hydrogen-bond acceptors (Lipinski definition) is 3. The number of furan rings is 1. The molecule has 1 heterocycles. The van der Waals surface area contributed by atoms with Crippen LogP contribution in [-0.2, 0) is 0 Å². The van der Waals surface area contributed by atoms with E-state index in [1.807, 2.05) is 27.7 Å². The lowest BCUT2D eigenvalue weighted by Crippen LogP contribution is -2.44. The summed E-state index contributed by atoms with van der Waals surface area (Å²) < 4.78 is 5.14. The van der Waals surface area contributed by atoms with E-state index in [0.29, 0.717) is 12.2 Å². The maximum Gasteiger partial charge on any atom is 0.287 e. The topological polar surface area (TPSA) is 62.5 Å². The normalized spacial score (nSPS) is 13.5. The molecule has 0 fully saturated rings. The minimum Gasteiger partial charge on any atom is -0.459 e. The summed E-state index contributed by atoms with van der Waals surface area (Å²) in [5, 5.41) is 11.9. The smallest absolute Gasteiger partial charge is 0.287 e. The Kier molecular flexibility index (Phi) is 4.34. The van der Waals surface area contributed by atoms with E-state index in [1.54, 1.807) is 6.07 Å². The molecule has 4 heteroatoms. The zero-order chi connectivity index (χ0) is 13.1. The van der Waals surface area contributed by atoms with Crippen LogP contribution in [-0.4, -0.2) is 23.7 Å². The molecule has 1 aromatic heterocycles. The van der Waals surface area contributed by atoms with E-state index in [4.69, 9.17) is 9.52 Å². The number of aliphatic hydroxyl groups is 1. The molecule has 0 saturated heterocycles. The fourth-order valence-corrected chi connectivity index (χ4v) is 1.68. The monoisotopic (exact) mass is 239 g/mol. The maximum atomic E-state index is 12.0. The molecule has 1 amide bonds. The lowest BCUT2D eigenvalue weighted by molar-refractivity contribution is 0.0856. The second kappa shape index (κ2) is 5.36. The molecule has 1 aromatic rings. The molecule has 4 nitrogen and oxygen atoms in total. The first kappa shape index (κ1) is 13.8. The van der Waals surface area contributed by atoms with Crippen LogP contribution in [0.4, 0.5) is 0 Å². The molecule has 0 aliphatic rings. The summed E-state index contributed by atoms with van der Waals surface area (Å²) in [6.45, 7) is 7.98. The van der Waals surface area contributed by atoms with E-state index >= 15 is 0 Å². The van der Waals surface area contributed by atoms with Gasteiger partial charge in [0.05, 0.1) is 6.26 Å². The summed E-state index contributed by atoms with van der Waals surface area (Å²) in [7, 11) is 0. The first-order chi connectivity index (χ1) is 7.86. The summed E-state index contributed by atoms with van der Waals surface area (Å²) in [5.41, 5.74) is 0.720. The highest BCUT2D eigenvalue weighted by Crippen LogP contribution is 2.22. The molecule has 1 rings (SSSR count). The molecule has 96 valence electrons. The van der Waals surface area contributed by atoms with Gasteiger partial charge in [-0.25, -0.2) is 0 Å². The van der Waals surface area contributed by atoms with Gasteiger partial charge < -0.3 is 14.8 Å². The zero-order valence-corrected chi connectivity index (χ0v) is 10.9. The predicted molar refractivity (Wildman–Crippen MR) is 65.9 cm³/mol. The number of aliphatic hydroxyl groups excluding tert-OH is 1. The van der Waals surface area contributed by atoms with Gasteiger partial charge in [0.15, 0.2) is 5.76 Å². The molecular weight excluding hydrogens is 218 g/mol. The van der Waals surface area contributed by atoms with Gasteiger partial charge in [-0.1, -0.05) is 20.8 Å². The Morgan fingerprint density at radius 2 is 2.18 bits per heavy atom. The van der Waals surface area contributed by atoms with E-state index in [2.05, 4.69) is 5.32 Å². The molecule has 0 spiro atoms. The Hall–Kier alpha value is -1.29. The number of aryl methyl sites for hydroxylation is 1. The largest absolute Gasteiger partial charge is 0.459 e. The van der Waals surface area contributed by atoms with Crippen molar-refractivity contribution in [1.29, 1.82) is 0 Å². The van der Waals surface area contributed by atoms with Crippen LogP contribution in [0.15, 0.2) is 16.7 Å². The van der Waals surface area contributed by atoms with Crippen molar-refractivity contribution < 1.29 is 14.3 Å². The highest BCUT2D eigenvalue weighted by molar-refractivity contribution is 5.93. The number of rotatable bonds is 4. The van der Waals surface area contributed by atoms with Gasteiger partial charge in [0.25, 0.3) is 5.91 Å². The summed E-state index contributed by atoms with van der Waals surface area (Å²) in [4.78, 5) is 12.0. The van der Waals surface area contributed by atoms with Crippen molar-refractivity contribution in [3.05, 3.63) is 23.7 Å². The van der Waals surface area contributed by atoms with Gasteiger partial charge in [0.1, 0.15) is 0 Å². The molecule has 1 unspecified atom stereocenters. The van der Waals surface area contributed by atoms with Gasteiger partial charge in [-0.15, -0.1) is 0 Å². The van der Waals surface area contributed by atoms with Crippen LogP contribution in [0.2, 0.25) is 0 Å². The third-order valence-electron chi connectivity index (χ3n) is 2.84. The van der Waals surface area contributed by atoms with Gasteiger partial charge in [0, 0.05) is 18.2 Å². The van der Waals surface area contributed by atoms with Crippen LogP contribution < -0.4 is 5.32 Å². The van der Waals surface area contributed by atoms with E-state index in [1.165, 1.54) is 6.26 Å². The first-order valence-electron chi connectivity index (χ1n) is 5.82. The van der Waals surface area contributed by atoms with Crippen molar-refractivity contribution >= 4 is 5.91 Å². The van der Waals surface area contributed by atoms with Gasteiger partial charge in [0.2, 0.25) is 0 Å². The van der Waals surface area contributed by atoms with Crippen molar-refractivity contribution in [2.24, 2.45) is 5.41 Å². The fourth-order valence-electron chi connectivity index (χ4n) is 1.68. The molecule has 1 atom stereocenters. The second-order valence-electron chi connectivity index (χ2n) is 5.34. The summed E-state index contributed by atoms with van der Waals surface area (Å²) >= 11 is 0. The van der Waals surface area contributed by atoms with Crippen molar-refractivity contribution in [2.75, 3.05) is 6.61 Å². The minimum atomic E-state index is -0.221. The third-order valence-corrected chi connectivity index (χ3v) is 2.84. The summed E-state index contributed by atoms with van der Waals surface area (Å²) in [6.07, 6.45) is 2.04. The number of carbonyl (C=O) groups excluding carboxylic acids is 1. The molecule has 0 aliphatic carbocycles. The molecule has 0 aromatic carbocycles. The number of hydrogen-bond donors (Lipinski definition) is 2. The van der Waals surface area contributed by atoms with Crippen LogP contribution in [0.1, 0.15) is 43.3 Å². The fraction of sp³-hybridized carbons (Fsp3) is 0.615. The van der Waals surface area contributed by atoms with Gasteiger partial charge in [-0.3, -0.25) is 4.79 Å². The van der Waals surface area contributed by atoms with Crippen molar-refractivity contribution in [2.45, 2.75) is 40.2 Å². The molecule has 0 saturated carbocycles. The zero-order valence-electron chi connectivity index (χ0n) is 10.9. The van der Waals surface area contributed by atoms with Gasteiger partial charge in [-0.2, -0.15) is 0 Å². The highest BCUT2D eigenvalue weighted by atomic mass is 16.3. The average Bonchev–Trinajstić information content (AvgIpc) is 2.62. The molecule has 2 N–H and O–H groups in total. The van der Waals surface area contributed by atoms with E-state index in [9.17, 15) is 4.79 Å². The predicted octanol–water partition coefficient (Wildman–Crippen LogP) is 2.11. The minimum absolute atomic E-state index is 0.0549. The molecule has 0 radical (unpaired) electrons. The van der Waals surface area contributed by atoms with Crippen molar-refractivity contribution in [1.82, 2.24) is 5.32 Å². The number of nitrogens with one attached hydrogen (secondary N) is 1. The SMILES string of the molecule is Cc1ccoc1C(=O)NC(CCO)C(C)(C)C. The van der Waals surface area contributed by atoms with Crippen LogP contribution in [0, 0.1) is 12.3 Å². The van der Waals surface area contributed by atoms with Crippen LogP contribution in [0.3, 0.4) is 0 Å². The van der Waals surface area contributed by atoms with Crippen LogP contribution in [0.25, 0.3) is 0 Å². The number of amides is 1. The molecule has 0 bridgehead atoms. The maximum absolute atomic E-state index is 12.0. The second-order valence-corrected chi connectivity index (χ2v) is 5.34. The van der Waals surface area contributed by atoms with Crippen molar-refractivity contribution in [3.63, 3.8) is 0 Å². The Morgan fingerprint density at radius 3 is 2.59 bits per heavy atom. The van der Waals surface area contributed by atoms with E-state index in [-0.39, 0.29) is 24.0 Å². The van der Waals surface area contributed by atoms with Gasteiger partial charge in [-0.05, 0) is 24.8 Å². The quantitative estimate of drug-likeness (QED) is 0.846. The van der Waals surface area contributed by atoms with Crippen LogP contribution >= 0.6 is 0 Å². The summed E-state index contributed by atoms with van der Waals surface area (Å²) in [6, 6.07) is 1.68. The van der Waals surface area contributed by atoms with E-state index in [0.717, 1.165) is 5.56 Å². The number of carbonyl (C=O) groups is 1. The molecule has 17 heavy (non-hydrogen) atoms. The lowest BCUT2D eigenvalue weighted by atomic mass is 9.85. The van der Waals surface area contributed by atoms with Gasteiger partial charge >= 0.3 is 0 Å². The highest BCUT2D eigenvalue weighted by Gasteiger charge is 2.27. The van der Waals surface area contributed by atoms with Crippen molar-refractivity contribution in [3.8, 4) is 0 Å². The lowest BCUT2D eigenvalue weighted by Gasteiger charge is -2.30. The molecular formula is C13H21NO3. The standard InChI is InChI=1S/C13H21NO3/c1-9-6-8-17-11(9)12(16)14-10(5-7-15)13(2,3)4/h6,8,10,15H,5,7H2,1-4H3,(H,14,16). The summed E-state index contributed by atoms with van der Waals surface area (Å²) in [5.74, 6) is 0.123. The first-order valence-corrected chi connectivity index (χ1v) is 5.82. The average molecular weight is 239 g/mol. The van der Waals surface area contributed by atoms with E-state index < -0.39 is 0 Å². The Labute approximate surface area is 102 Å². The van der Waals surface area contributed by atoms with Crippen LogP contribution in [0.5, 0.6) is 0 Å².